The van der Waals surface area contributed by atoms with Crippen LogP contribution in [0.4, 0.5) is 0 Å². The van der Waals surface area contributed by atoms with Gasteiger partial charge in [0.1, 0.15) is 0 Å². The predicted molar refractivity (Wildman–Crippen MR) is 100.0 cm³/mol. The Labute approximate surface area is 154 Å². The van der Waals surface area contributed by atoms with E-state index in [2.05, 4.69) is 4.99 Å². The zero-order valence-electron chi connectivity index (χ0n) is 13.8. The van der Waals surface area contributed by atoms with Gasteiger partial charge in [-0.2, -0.15) is 4.99 Å². The van der Waals surface area contributed by atoms with Crippen molar-refractivity contribution in [1.82, 2.24) is 4.57 Å². The van der Waals surface area contributed by atoms with Crippen LogP contribution in [-0.2, 0) is 16.9 Å². The highest BCUT2D eigenvalue weighted by molar-refractivity contribution is 7.90. The number of hydrogen-bond acceptors (Lipinski definition) is 4. The topological polar surface area (TPSA) is 68.5 Å². The number of carbonyl (C=O) groups is 1. The third-order valence-electron chi connectivity index (χ3n) is 3.88. The number of aryl methyl sites for hydroxylation is 2. The number of amides is 1. The zero-order chi connectivity index (χ0) is 18.4. The molecule has 5 nitrogen and oxygen atoms in total. The van der Waals surface area contributed by atoms with Crippen LogP contribution in [0.1, 0.15) is 15.9 Å². The minimum absolute atomic E-state index is 0.168. The molecule has 0 radical (unpaired) electrons. The Hall–Kier alpha value is -1.96. The second kappa shape index (κ2) is 6.40. The molecular formula is C17H15ClN2O3S2. The number of sulfone groups is 1. The number of benzene rings is 2. The van der Waals surface area contributed by atoms with E-state index < -0.39 is 15.7 Å². The molecule has 0 saturated heterocycles. The first-order chi connectivity index (χ1) is 11.7. The SMILES string of the molecule is Cc1c(Cl)ccc2sc(=NC(=O)c3ccc(S(C)(=O)=O)cc3)n(C)c12. The van der Waals surface area contributed by atoms with Crippen LogP contribution in [0, 0.1) is 6.92 Å². The lowest BCUT2D eigenvalue weighted by Crippen LogP contribution is -2.13. The van der Waals surface area contributed by atoms with E-state index in [0.29, 0.717) is 15.4 Å². The molecule has 0 atom stereocenters. The summed E-state index contributed by atoms with van der Waals surface area (Å²) in [6, 6.07) is 9.49. The number of rotatable bonds is 2. The van der Waals surface area contributed by atoms with Crippen molar-refractivity contribution in [3.8, 4) is 0 Å². The third kappa shape index (κ3) is 3.40. The van der Waals surface area contributed by atoms with Crippen molar-refractivity contribution in [3.63, 3.8) is 0 Å². The summed E-state index contributed by atoms with van der Waals surface area (Å²) < 4.78 is 25.8. The Bertz CT molecular complexity index is 1160. The number of thiazole rings is 1. The molecule has 0 bridgehead atoms. The van der Waals surface area contributed by atoms with Crippen molar-refractivity contribution < 1.29 is 13.2 Å². The Morgan fingerprint density at radius 3 is 2.40 bits per heavy atom. The average molecular weight is 395 g/mol. The maximum atomic E-state index is 12.4. The number of aromatic nitrogens is 1. The van der Waals surface area contributed by atoms with E-state index in [1.807, 2.05) is 30.7 Å². The zero-order valence-corrected chi connectivity index (χ0v) is 16.2. The molecule has 3 rings (SSSR count). The largest absolute Gasteiger partial charge is 0.319 e. The molecule has 3 aromatic rings. The van der Waals surface area contributed by atoms with Gasteiger partial charge in [0.25, 0.3) is 5.91 Å². The highest BCUT2D eigenvalue weighted by atomic mass is 35.5. The smallest absolute Gasteiger partial charge is 0.279 e. The van der Waals surface area contributed by atoms with Gasteiger partial charge in [0.2, 0.25) is 0 Å². The number of carbonyl (C=O) groups excluding carboxylic acids is 1. The standard InChI is InChI=1S/C17H15ClN2O3S2/c1-10-13(18)8-9-14-15(10)20(2)17(24-14)19-16(21)11-4-6-12(7-5-11)25(3,22)23/h4-9H,1-3H3. The van der Waals surface area contributed by atoms with Gasteiger partial charge >= 0.3 is 0 Å². The lowest BCUT2D eigenvalue weighted by molar-refractivity contribution is 0.0998. The van der Waals surface area contributed by atoms with Crippen LogP contribution in [0.2, 0.25) is 5.02 Å². The summed E-state index contributed by atoms with van der Waals surface area (Å²) >= 11 is 7.56. The van der Waals surface area contributed by atoms with Crippen molar-refractivity contribution in [1.29, 1.82) is 0 Å². The molecule has 0 fully saturated rings. The first-order valence-corrected chi connectivity index (χ1v) is 10.4. The van der Waals surface area contributed by atoms with Crippen LogP contribution >= 0.6 is 22.9 Å². The number of halogens is 1. The van der Waals surface area contributed by atoms with Gasteiger partial charge in [-0.3, -0.25) is 4.79 Å². The van der Waals surface area contributed by atoms with E-state index in [1.165, 1.54) is 35.6 Å². The fourth-order valence-electron chi connectivity index (χ4n) is 2.51. The van der Waals surface area contributed by atoms with Crippen molar-refractivity contribution >= 4 is 48.9 Å². The number of hydrogen-bond donors (Lipinski definition) is 0. The lowest BCUT2D eigenvalue weighted by Gasteiger charge is -2.02. The van der Waals surface area contributed by atoms with E-state index in [0.717, 1.165) is 22.0 Å². The van der Waals surface area contributed by atoms with E-state index in [9.17, 15) is 13.2 Å². The summed E-state index contributed by atoms with van der Waals surface area (Å²) in [5.74, 6) is -0.425. The molecule has 1 heterocycles. The van der Waals surface area contributed by atoms with Gasteiger partial charge in [0, 0.05) is 23.9 Å². The molecule has 0 spiro atoms. The molecule has 25 heavy (non-hydrogen) atoms. The van der Waals surface area contributed by atoms with Gasteiger partial charge in [-0.25, -0.2) is 8.42 Å². The quantitative estimate of drug-likeness (QED) is 0.669. The van der Waals surface area contributed by atoms with Crippen LogP contribution in [0.5, 0.6) is 0 Å². The molecule has 2 aromatic carbocycles. The molecule has 8 heteroatoms. The lowest BCUT2D eigenvalue weighted by atomic mass is 10.2. The van der Waals surface area contributed by atoms with E-state index >= 15 is 0 Å². The molecular weight excluding hydrogens is 380 g/mol. The maximum Gasteiger partial charge on any atom is 0.279 e. The van der Waals surface area contributed by atoms with E-state index in [-0.39, 0.29) is 4.90 Å². The molecule has 0 aliphatic heterocycles. The fourth-order valence-corrected chi connectivity index (χ4v) is 4.37. The minimum Gasteiger partial charge on any atom is -0.319 e. The fraction of sp³-hybridized carbons (Fsp3) is 0.176. The number of fused-ring (bicyclic) bond motifs is 1. The summed E-state index contributed by atoms with van der Waals surface area (Å²) in [7, 11) is -1.46. The summed E-state index contributed by atoms with van der Waals surface area (Å²) in [4.78, 5) is 17.3. The summed E-state index contributed by atoms with van der Waals surface area (Å²) in [6.07, 6.45) is 1.12. The van der Waals surface area contributed by atoms with Gasteiger partial charge in [-0.05, 0) is 48.9 Å². The van der Waals surface area contributed by atoms with E-state index in [1.54, 1.807) is 0 Å². The first-order valence-electron chi connectivity index (χ1n) is 7.32. The van der Waals surface area contributed by atoms with Crippen LogP contribution in [0.25, 0.3) is 10.2 Å². The van der Waals surface area contributed by atoms with Crippen LogP contribution in [-0.4, -0.2) is 25.1 Å². The molecule has 0 aliphatic rings. The van der Waals surface area contributed by atoms with E-state index in [4.69, 9.17) is 11.6 Å². The summed E-state index contributed by atoms with van der Waals surface area (Å²) in [6.45, 7) is 1.92. The third-order valence-corrected chi connectivity index (χ3v) is 6.51. The van der Waals surface area contributed by atoms with Crippen molar-refractivity contribution in [2.24, 2.45) is 12.0 Å². The van der Waals surface area contributed by atoms with Crippen molar-refractivity contribution in [2.75, 3.05) is 6.26 Å². The maximum absolute atomic E-state index is 12.4. The number of nitrogens with zero attached hydrogens (tertiary/aromatic N) is 2. The minimum atomic E-state index is -3.29. The Kier molecular flexibility index (Phi) is 4.57. The normalized spacial score (nSPS) is 12.7. The second-order valence-electron chi connectivity index (χ2n) is 5.68. The molecule has 1 aromatic heterocycles. The molecule has 0 N–H and O–H groups in total. The summed E-state index contributed by atoms with van der Waals surface area (Å²) in [5, 5.41) is 0.662. The van der Waals surface area contributed by atoms with Crippen molar-refractivity contribution in [2.45, 2.75) is 11.8 Å². The Morgan fingerprint density at radius 2 is 1.80 bits per heavy atom. The Balaban J connectivity index is 2.06. The van der Waals surface area contributed by atoms with Gasteiger partial charge < -0.3 is 4.57 Å². The first kappa shape index (κ1) is 17.8. The molecule has 0 aliphatic carbocycles. The summed E-state index contributed by atoms with van der Waals surface area (Å²) in [5.41, 5.74) is 2.21. The highest BCUT2D eigenvalue weighted by Gasteiger charge is 2.12. The van der Waals surface area contributed by atoms with Gasteiger partial charge in [-0.1, -0.05) is 22.9 Å². The van der Waals surface area contributed by atoms with Gasteiger partial charge in [0.15, 0.2) is 14.6 Å². The van der Waals surface area contributed by atoms with Gasteiger partial charge in [-0.15, -0.1) is 0 Å². The highest BCUT2D eigenvalue weighted by Crippen LogP contribution is 2.26. The molecule has 1 amide bonds. The predicted octanol–water partition coefficient (Wildman–Crippen LogP) is 3.35. The van der Waals surface area contributed by atoms with Gasteiger partial charge in [0.05, 0.1) is 15.1 Å². The average Bonchev–Trinajstić information content (AvgIpc) is 2.87. The van der Waals surface area contributed by atoms with Crippen LogP contribution in [0.3, 0.4) is 0 Å². The monoisotopic (exact) mass is 394 g/mol. The van der Waals surface area contributed by atoms with Crippen LogP contribution in [0.15, 0.2) is 46.3 Å². The van der Waals surface area contributed by atoms with Crippen molar-refractivity contribution in [3.05, 3.63) is 57.3 Å². The van der Waals surface area contributed by atoms with Crippen LogP contribution < -0.4 is 4.80 Å². The molecule has 0 saturated carbocycles. The molecule has 130 valence electrons. The molecule has 0 unspecified atom stereocenters. The Morgan fingerprint density at radius 1 is 1.16 bits per heavy atom. The second-order valence-corrected chi connectivity index (χ2v) is 9.11.